The molecule has 4 rings (SSSR count). The van der Waals surface area contributed by atoms with Gasteiger partial charge in [-0.05, 0) is 35.4 Å². The number of hydrogen-bond donors (Lipinski definition) is 1. The van der Waals surface area contributed by atoms with Gasteiger partial charge in [0.1, 0.15) is 11.9 Å². The number of fused-ring (bicyclic) bond motifs is 1. The van der Waals surface area contributed by atoms with Gasteiger partial charge in [0.25, 0.3) is 5.91 Å². The average Bonchev–Trinajstić information content (AvgIpc) is 3.10. The number of rotatable bonds is 4. The number of nitrogens with zero attached hydrogens (tertiary/aromatic N) is 3. The summed E-state index contributed by atoms with van der Waals surface area (Å²) in [6.07, 6.45) is -0.262. The maximum atomic E-state index is 13.1. The fraction of sp³-hybridized carbons (Fsp3) is 0.211. The highest BCUT2D eigenvalue weighted by Gasteiger charge is 2.27. The van der Waals surface area contributed by atoms with E-state index in [1.54, 1.807) is 28.9 Å². The van der Waals surface area contributed by atoms with Crippen molar-refractivity contribution in [2.75, 3.05) is 0 Å². The van der Waals surface area contributed by atoms with Gasteiger partial charge in [-0.1, -0.05) is 41.1 Å². The van der Waals surface area contributed by atoms with Crippen molar-refractivity contribution in [3.63, 3.8) is 0 Å². The molecule has 0 bridgehead atoms. The zero-order valence-corrected chi connectivity index (χ0v) is 15.0. The van der Waals surface area contributed by atoms with Gasteiger partial charge in [-0.3, -0.25) is 4.79 Å². The van der Waals surface area contributed by atoms with Gasteiger partial charge in [0.05, 0.1) is 18.8 Å². The molecular formula is C19H16ClFN4O2. The third kappa shape index (κ3) is 3.84. The van der Waals surface area contributed by atoms with E-state index in [2.05, 4.69) is 15.6 Å². The lowest BCUT2D eigenvalue weighted by Gasteiger charge is -2.24. The summed E-state index contributed by atoms with van der Waals surface area (Å²) >= 11 is 5.95. The average molecular weight is 387 g/mol. The van der Waals surface area contributed by atoms with Crippen LogP contribution in [0.2, 0.25) is 5.02 Å². The summed E-state index contributed by atoms with van der Waals surface area (Å²) < 4.78 is 20.6. The number of hydrogen-bond acceptors (Lipinski definition) is 4. The Kier molecular flexibility index (Phi) is 4.87. The first-order valence-electron chi connectivity index (χ1n) is 8.42. The number of amides is 1. The highest BCUT2D eigenvalue weighted by Crippen LogP contribution is 2.27. The van der Waals surface area contributed by atoms with Crippen LogP contribution in [-0.2, 0) is 24.4 Å². The molecule has 0 spiro atoms. The number of halogens is 2. The maximum absolute atomic E-state index is 13.1. The van der Waals surface area contributed by atoms with Crippen molar-refractivity contribution in [3.05, 3.63) is 81.9 Å². The first-order chi connectivity index (χ1) is 13.1. The van der Waals surface area contributed by atoms with Crippen LogP contribution in [0.25, 0.3) is 0 Å². The quantitative estimate of drug-likeness (QED) is 0.747. The van der Waals surface area contributed by atoms with Gasteiger partial charge in [-0.2, -0.15) is 0 Å². The second kappa shape index (κ2) is 7.46. The molecule has 1 aliphatic heterocycles. The Morgan fingerprint density at radius 2 is 2.11 bits per heavy atom. The lowest BCUT2D eigenvalue weighted by molar-refractivity contribution is -0.00180. The van der Waals surface area contributed by atoms with E-state index in [1.165, 1.54) is 12.1 Å². The molecule has 2 aromatic carbocycles. The Morgan fingerprint density at radius 3 is 2.89 bits per heavy atom. The van der Waals surface area contributed by atoms with Crippen LogP contribution < -0.4 is 5.32 Å². The molecule has 1 N–H and O–H groups in total. The zero-order valence-electron chi connectivity index (χ0n) is 14.2. The normalized spacial score (nSPS) is 16.0. The lowest BCUT2D eigenvalue weighted by Crippen LogP contribution is -2.27. The van der Waals surface area contributed by atoms with Gasteiger partial charge in [0.2, 0.25) is 0 Å². The van der Waals surface area contributed by atoms with E-state index in [1.807, 2.05) is 12.1 Å². The van der Waals surface area contributed by atoms with E-state index in [9.17, 15) is 9.18 Å². The van der Waals surface area contributed by atoms with Crippen molar-refractivity contribution >= 4 is 17.5 Å². The second-order valence-corrected chi connectivity index (χ2v) is 6.67. The van der Waals surface area contributed by atoms with Gasteiger partial charge >= 0.3 is 0 Å². The molecule has 2 heterocycles. The van der Waals surface area contributed by atoms with E-state index >= 15 is 0 Å². The van der Waals surface area contributed by atoms with Crippen molar-refractivity contribution in [2.45, 2.75) is 25.8 Å². The van der Waals surface area contributed by atoms with Gasteiger partial charge in [0, 0.05) is 11.6 Å². The Morgan fingerprint density at radius 1 is 1.30 bits per heavy atom. The highest BCUT2D eigenvalue weighted by molar-refractivity contribution is 6.30. The van der Waals surface area contributed by atoms with Crippen LogP contribution in [0.4, 0.5) is 4.39 Å². The van der Waals surface area contributed by atoms with Crippen molar-refractivity contribution in [1.82, 2.24) is 20.3 Å². The topological polar surface area (TPSA) is 69.0 Å². The van der Waals surface area contributed by atoms with Crippen LogP contribution >= 0.6 is 11.6 Å². The lowest BCUT2D eigenvalue weighted by atomic mass is 10.1. The Balaban J connectivity index is 1.44. The maximum Gasteiger partial charge on any atom is 0.274 e. The molecule has 0 saturated carbocycles. The van der Waals surface area contributed by atoms with Gasteiger partial charge < -0.3 is 10.1 Å². The van der Waals surface area contributed by atoms with Crippen molar-refractivity contribution in [2.24, 2.45) is 0 Å². The Labute approximate surface area is 159 Å². The number of carbonyl (C=O) groups excluding carboxylic acids is 1. The third-order valence-corrected chi connectivity index (χ3v) is 4.63. The van der Waals surface area contributed by atoms with E-state index in [0.717, 1.165) is 11.1 Å². The number of aromatic nitrogens is 3. The number of carbonyl (C=O) groups is 1. The molecule has 8 heteroatoms. The fourth-order valence-electron chi connectivity index (χ4n) is 2.98. The summed E-state index contributed by atoms with van der Waals surface area (Å²) in [6.45, 7) is 0.954. The molecule has 138 valence electrons. The fourth-order valence-corrected chi connectivity index (χ4v) is 3.19. The minimum absolute atomic E-state index is 0.203. The second-order valence-electron chi connectivity index (χ2n) is 6.23. The van der Waals surface area contributed by atoms with Crippen molar-refractivity contribution in [1.29, 1.82) is 0 Å². The molecule has 1 amide bonds. The highest BCUT2D eigenvalue weighted by atomic mass is 35.5. The summed E-state index contributed by atoms with van der Waals surface area (Å²) in [7, 11) is 0. The molecule has 0 unspecified atom stereocenters. The Bertz CT molecular complexity index is 974. The van der Waals surface area contributed by atoms with Crippen LogP contribution in [0.15, 0.2) is 48.5 Å². The molecule has 0 fully saturated rings. The third-order valence-electron chi connectivity index (χ3n) is 4.40. The monoisotopic (exact) mass is 386 g/mol. The minimum atomic E-state index is -0.319. The Hall–Kier alpha value is -2.77. The van der Waals surface area contributed by atoms with Crippen molar-refractivity contribution in [3.8, 4) is 0 Å². The number of benzene rings is 2. The summed E-state index contributed by atoms with van der Waals surface area (Å²) in [5.41, 5.74) is 2.61. The van der Waals surface area contributed by atoms with Crippen LogP contribution in [0.3, 0.4) is 0 Å². The molecule has 3 aromatic rings. The predicted octanol–water partition coefficient (Wildman–Crippen LogP) is 3.27. The standard InChI is InChI=1S/C19H16ClFN4O2/c20-14-3-1-2-12(8-14)9-22-19(26)18-16-11-27-17(10-25(16)24-23-18)13-4-6-15(21)7-5-13/h1-8,17H,9-11H2,(H,22,26)/t17-/m0/s1. The van der Waals surface area contributed by atoms with E-state index in [-0.39, 0.29) is 30.1 Å². The molecule has 6 nitrogen and oxygen atoms in total. The van der Waals surface area contributed by atoms with Gasteiger partial charge in [-0.25, -0.2) is 9.07 Å². The van der Waals surface area contributed by atoms with E-state index in [0.29, 0.717) is 23.8 Å². The smallest absolute Gasteiger partial charge is 0.274 e. The number of ether oxygens (including phenoxy) is 1. The first-order valence-corrected chi connectivity index (χ1v) is 8.80. The minimum Gasteiger partial charge on any atom is -0.365 e. The summed E-state index contributed by atoms with van der Waals surface area (Å²) in [4.78, 5) is 12.5. The van der Waals surface area contributed by atoms with Gasteiger partial charge in [-0.15, -0.1) is 5.10 Å². The molecule has 0 aliphatic carbocycles. The molecule has 0 saturated heterocycles. The van der Waals surface area contributed by atoms with Crippen molar-refractivity contribution < 1.29 is 13.9 Å². The number of nitrogens with one attached hydrogen (secondary N) is 1. The SMILES string of the molecule is O=C(NCc1cccc(Cl)c1)c1nnn2c1CO[C@H](c1ccc(F)cc1)C2. The van der Waals surface area contributed by atoms with Crippen LogP contribution in [0, 0.1) is 5.82 Å². The molecule has 27 heavy (non-hydrogen) atoms. The van der Waals surface area contributed by atoms with E-state index < -0.39 is 0 Å². The molecule has 1 atom stereocenters. The first kappa shape index (κ1) is 17.6. The van der Waals surface area contributed by atoms with E-state index in [4.69, 9.17) is 16.3 Å². The summed E-state index contributed by atoms with van der Waals surface area (Å²) in [5, 5.41) is 11.5. The molecule has 1 aliphatic rings. The van der Waals surface area contributed by atoms with Crippen LogP contribution in [0.5, 0.6) is 0 Å². The summed E-state index contributed by atoms with van der Waals surface area (Å²) in [6, 6.07) is 13.4. The largest absolute Gasteiger partial charge is 0.365 e. The van der Waals surface area contributed by atoms with Gasteiger partial charge in [0.15, 0.2) is 5.69 Å². The van der Waals surface area contributed by atoms with Crippen LogP contribution in [-0.4, -0.2) is 20.9 Å². The molecule has 0 radical (unpaired) electrons. The predicted molar refractivity (Wildman–Crippen MR) is 96.6 cm³/mol. The van der Waals surface area contributed by atoms with Crippen LogP contribution in [0.1, 0.15) is 33.4 Å². The summed E-state index contributed by atoms with van der Waals surface area (Å²) in [5.74, 6) is -0.616. The zero-order chi connectivity index (χ0) is 18.8. The molecule has 1 aromatic heterocycles. The molecular weight excluding hydrogens is 371 g/mol.